The van der Waals surface area contributed by atoms with Gasteiger partial charge in [-0.05, 0) is 67.0 Å². The highest BCUT2D eigenvalue weighted by Gasteiger charge is 2.29. The zero-order valence-corrected chi connectivity index (χ0v) is 30.0. The van der Waals surface area contributed by atoms with Crippen LogP contribution in [0.3, 0.4) is 0 Å². The highest BCUT2D eigenvalue weighted by molar-refractivity contribution is 6.17. The van der Waals surface area contributed by atoms with Crippen molar-refractivity contribution >= 4 is 64.6 Å². The molecule has 1 heterocycles. The Hall–Kier alpha value is -5.44. The molecule has 1 unspecified atom stereocenters. The lowest BCUT2D eigenvalue weighted by molar-refractivity contribution is -0.137. The van der Waals surface area contributed by atoms with E-state index in [1.807, 2.05) is 0 Å². The summed E-state index contributed by atoms with van der Waals surface area (Å²) in [6.07, 6.45) is 4.05. The van der Waals surface area contributed by atoms with Gasteiger partial charge in [-0.2, -0.15) is 0 Å². The average molecular weight is 740 g/mol. The summed E-state index contributed by atoms with van der Waals surface area (Å²) in [6, 6.07) is 11.0. The van der Waals surface area contributed by atoms with Gasteiger partial charge in [0.25, 0.3) is 11.8 Å². The second kappa shape index (κ2) is 21.0. The van der Waals surface area contributed by atoms with Crippen LogP contribution in [0.25, 0.3) is 0 Å². The van der Waals surface area contributed by atoms with E-state index in [2.05, 4.69) is 26.6 Å². The largest absolute Gasteiger partial charge is 0.444 e. The van der Waals surface area contributed by atoms with Crippen LogP contribution >= 0.6 is 11.6 Å². The zero-order valence-electron chi connectivity index (χ0n) is 29.2. The normalized spacial score (nSPS) is 13.3. The van der Waals surface area contributed by atoms with Crippen molar-refractivity contribution in [3.8, 4) is 0 Å². The van der Waals surface area contributed by atoms with E-state index in [4.69, 9.17) is 22.1 Å². The predicted octanol–water partition coefficient (Wildman–Crippen LogP) is 3.67. The number of imide groups is 1. The molecule has 7 N–H and O–H groups in total. The third-order valence-corrected chi connectivity index (χ3v) is 8.31. The molecule has 0 saturated heterocycles. The van der Waals surface area contributed by atoms with Crippen LogP contribution in [0.15, 0.2) is 60.7 Å². The molecular formula is C36H46ClN7O8. The van der Waals surface area contributed by atoms with E-state index >= 15 is 0 Å². The van der Waals surface area contributed by atoms with E-state index in [-0.39, 0.29) is 56.2 Å². The van der Waals surface area contributed by atoms with Gasteiger partial charge in [0.2, 0.25) is 17.7 Å². The first-order chi connectivity index (χ1) is 24.9. The van der Waals surface area contributed by atoms with Crippen molar-refractivity contribution in [1.82, 2.24) is 20.9 Å². The molecule has 3 rings (SSSR count). The lowest BCUT2D eigenvalue weighted by atomic mass is 10.0. The molecule has 1 aliphatic heterocycles. The van der Waals surface area contributed by atoms with Crippen molar-refractivity contribution < 1.29 is 38.3 Å². The Morgan fingerprint density at radius 2 is 1.40 bits per heavy atom. The second-order valence-electron chi connectivity index (χ2n) is 12.5. The number of anilines is 2. The third-order valence-electron chi connectivity index (χ3n) is 8.00. The molecule has 0 saturated carbocycles. The number of amides is 8. The van der Waals surface area contributed by atoms with E-state index in [1.54, 1.807) is 62.4 Å². The van der Waals surface area contributed by atoms with Gasteiger partial charge in [-0.3, -0.25) is 34.2 Å². The third kappa shape index (κ3) is 14.1. The molecule has 8 amide bonds. The van der Waals surface area contributed by atoms with Crippen molar-refractivity contribution in [1.29, 1.82) is 0 Å². The fourth-order valence-electron chi connectivity index (χ4n) is 5.11. The Kier molecular flexibility index (Phi) is 16.6. The Morgan fingerprint density at radius 1 is 0.788 bits per heavy atom. The van der Waals surface area contributed by atoms with Crippen LogP contribution in [0.1, 0.15) is 63.5 Å². The first kappa shape index (κ1) is 41.0. The van der Waals surface area contributed by atoms with Gasteiger partial charge in [0.15, 0.2) is 0 Å². The van der Waals surface area contributed by atoms with E-state index < -0.39 is 36.0 Å². The lowest BCUT2D eigenvalue weighted by Gasteiger charge is -2.25. The van der Waals surface area contributed by atoms with E-state index in [9.17, 15) is 33.6 Å². The van der Waals surface area contributed by atoms with Gasteiger partial charge in [0.1, 0.15) is 18.7 Å². The minimum Gasteiger partial charge on any atom is -0.444 e. The zero-order chi connectivity index (χ0) is 38.0. The second-order valence-corrected chi connectivity index (χ2v) is 12.7. The van der Waals surface area contributed by atoms with E-state index in [0.29, 0.717) is 48.5 Å². The van der Waals surface area contributed by atoms with E-state index in [1.165, 1.54) is 12.2 Å². The summed E-state index contributed by atoms with van der Waals surface area (Å²) < 4.78 is 5.29. The quantitative estimate of drug-likeness (QED) is 0.0667. The maximum absolute atomic E-state index is 13.4. The predicted molar refractivity (Wildman–Crippen MR) is 195 cm³/mol. The molecule has 15 nitrogen and oxygen atoms in total. The van der Waals surface area contributed by atoms with Crippen LogP contribution in [0.4, 0.5) is 21.0 Å². The number of carbonyl (C=O) groups excluding carboxylic acids is 7. The molecule has 2 atom stereocenters. The van der Waals surface area contributed by atoms with Crippen molar-refractivity contribution in [3.05, 3.63) is 71.8 Å². The molecule has 0 aromatic heterocycles. The van der Waals surface area contributed by atoms with Gasteiger partial charge < -0.3 is 31.7 Å². The maximum Gasteiger partial charge on any atom is 0.411 e. The Bertz CT molecular complexity index is 1580. The van der Waals surface area contributed by atoms with Crippen LogP contribution in [-0.2, 0) is 41.2 Å². The van der Waals surface area contributed by atoms with Crippen LogP contribution in [0, 0.1) is 5.92 Å². The smallest absolute Gasteiger partial charge is 0.411 e. The first-order valence-corrected chi connectivity index (χ1v) is 17.5. The highest BCUT2D eigenvalue weighted by Crippen LogP contribution is 2.15. The van der Waals surface area contributed by atoms with Gasteiger partial charge in [-0.1, -0.05) is 44.5 Å². The number of primary amides is 1. The average Bonchev–Trinajstić information content (AvgIpc) is 3.43. The van der Waals surface area contributed by atoms with Gasteiger partial charge in [-0.25, -0.2) is 9.59 Å². The number of ether oxygens (including phenoxy) is 1. The molecule has 0 spiro atoms. The number of halogens is 1. The maximum atomic E-state index is 13.4. The number of rotatable bonds is 20. The van der Waals surface area contributed by atoms with Gasteiger partial charge >= 0.3 is 12.1 Å². The van der Waals surface area contributed by atoms with Gasteiger partial charge in [0, 0.05) is 48.9 Å². The number of nitrogens with one attached hydrogen (secondary N) is 5. The molecule has 52 heavy (non-hydrogen) atoms. The van der Waals surface area contributed by atoms with Crippen LogP contribution < -0.4 is 32.3 Å². The highest BCUT2D eigenvalue weighted by atomic mass is 35.5. The lowest BCUT2D eigenvalue weighted by Crippen LogP contribution is -2.54. The molecule has 0 fully saturated rings. The molecule has 0 bridgehead atoms. The minimum absolute atomic E-state index is 0.0218. The van der Waals surface area contributed by atoms with Crippen LogP contribution in [-0.4, -0.2) is 71.7 Å². The first-order valence-electron chi connectivity index (χ1n) is 17.0. The minimum atomic E-state index is -1.02. The summed E-state index contributed by atoms with van der Waals surface area (Å²) in [5.74, 6) is -2.06. The number of nitrogens with two attached hydrogens (primary N) is 1. The molecular weight excluding hydrogens is 694 g/mol. The molecule has 0 aliphatic carbocycles. The molecule has 0 radical (unpaired) electrons. The molecule has 2 aromatic rings. The van der Waals surface area contributed by atoms with Crippen molar-refractivity contribution in [2.45, 2.75) is 76.9 Å². The summed E-state index contributed by atoms with van der Waals surface area (Å²) in [5, 5.41) is 13.4. The number of hydrogen-bond donors (Lipinski definition) is 6. The van der Waals surface area contributed by atoms with Crippen molar-refractivity contribution in [3.63, 3.8) is 0 Å². The SMILES string of the molecule is CC(C)C(NC(=O)CCCCCN1C(=O)C=CC1=O)C(=O)N[C@@H](CCCNC(N)=O)C(=O)Nc1ccc(COC(=O)Nc2ccc(CCl)cc2)cc1. The number of urea groups is 1. The summed E-state index contributed by atoms with van der Waals surface area (Å²) in [5.41, 5.74) is 7.72. The summed E-state index contributed by atoms with van der Waals surface area (Å²) in [6.45, 7) is 3.96. The Balaban J connectivity index is 1.51. The van der Waals surface area contributed by atoms with E-state index in [0.717, 1.165) is 10.5 Å². The number of nitrogens with zero attached hydrogens (tertiary/aromatic N) is 1. The van der Waals surface area contributed by atoms with Crippen LogP contribution in [0.5, 0.6) is 0 Å². The summed E-state index contributed by atoms with van der Waals surface area (Å²) >= 11 is 5.79. The Morgan fingerprint density at radius 3 is 2.00 bits per heavy atom. The Labute approximate surface area is 307 Å². The fourth-order valence-corrected chi connectivity index (χ4v) is 5.28. The van der Waals surface area contributed by atoms with Gasteiger partial charge in [0.05, 0.1) is 0 Å². The molecule has 280 valence electrons. The molecule has 16 heteroatoms. The van der Waals surface area contributed by atoms with Gasteiger partial charge in [-0.15, -0.1) is 11.6 Å². The summed E-state index contributed by atoms with van der Waals surface area (Å²) in [4.78, 5) is 87.4. The fraction of sp³-hybridized carbons (Fsp3) is 0.417. The standard InChI is InChI=1S/C36H46ClN7O8/c1-23(2)32(43-29(45)8-4-3-5-20-44-30(46)17-18-31(44)47)34(49)42-28(7-6-19-39-35(38)50)33(48)40-26-15-11-25(12-16-26)22-52-36(51)41-27-13-9-24(21-37)10-14-27/h9-18,23,28,32H,3-8,19-22H2,1-2H3,(H,40,48)(H,41,51)(H,42,49)(H,43,45)(H3,38,39,50)/t28-,32?/m0/s1. The van der Waals surface area contributed by atoms with Crippen LogP contribution in [0.2, 0.25) is 0 Å². The number of alkyl halides is 1. The number of unbranched alkanes of at least 4 members (excludes halogenated alkanes) is 2. The summed E-state index contributed by atoms with van der Waals surface area (Å²) in [7, 11) is 0. The molecule has 1 aliphatic rings. The number of carbonyl (C=O) groups is 7. The van der Waals surface area contributed by atoms with Crippen molar-refractivity contribution in [2.75, 3.05) is 23.7 Å². The topological polar surface area (TPSA) is 218 Å². The monoisotopic (exact) mass is 739 g/mol. The van der Waals surface area contributed by atoms with Crippen molar-refractivity contribution in [2.24, 2.45) is 11.7 Å². The number of hydrogen-bond acceptors (Lipinski definition) is 8. The molecule has 2 aromatic carbocycles. The number of benzene rings is 2.